The quantitative estimate of drug-likeness (QED) is 0.643. The molecule has 0 aromatic heterocycles. The zero-order valence-corrected chi connectivity index (χ0v) is 18.0. The molecule has 9 heteroatoms. The third-order valence-corrected chi connectivity index (χ3v) is 7.00. The Bertz CT molecular complexity index is 1010. The first-order valence-electron chi connectivity index (χ1n) is 9.08. The van der Waals surface area contributed by atoms with E-state index < -0.39 is 27.6 Å². The first-order valence-corrected chi connectivity index (χ1v) is 11.7. The summed E-state index contributed by atoms with van der Waals surface area (Å²) in [7, 11) is -3.23. The zero-order chi connectivity index (χ0) is 21.2. The average molecular weight is 460 g/mol. The van der Waals surface area contributed by atoms with Crippen LogP contribution in [0.15, 0.2) is 36.4 Å². The number of carbonyl (C=O) groups is 1. The fourth-order valence-corrected chi connectivity index (χ4v) is 5.68. The van der Waals surface area contributed by atoms with Crippen LogP contribution in [0.5, 0.6) is 5.75 Å². The van der Waals surface area contributed by atoms with Crippen LogP contribution in [0.4, 0.5) is 4.39 Å². The molecule has 0 saturated carbocycles. The first-order chi connectivity index (χ1) is 13.7. The molecule has 0 N–H and O–H groups in total. The van der Waals surface area contributed by atoms with Crippen LogP contribution >= 0.6 is 23.2 Å². The molecule has 1 heterocycles. The Kier molecular flexibility index (Phi) is 6.71. The fourth-order valence-electron chi connectivity index (χ4n) is 3.35. The van der Waals surface area contributed by atoms with Gasteiger partial charge in [-0.05, 0) is 43.2 Å². The number of amides is 1. The summed E-state index contributed by atoms with van der Waals surface area (Å²) in [5, 5.41) is 0.375. The van der Waals surface area contributed by atoms with Gasteiger partial charge in [0.15, 0.2) is 15.6 Å². The molecular formula is C20H20Cl2FNO4S. The summed E-state index contributed by atoms with van der Waals surface area (Å²) in [6.07, 6.45) is 0.321. The van der Waals surface area contributed by atoms with Crippen molar-refractivity contribution in [2.24, 2.45) is 0 Å². The predicted octanol–water partition coefficient (Wildman–Crippen LogP) is 4.36. The molecule has 29 heavy (non-hydrogen) atoms. The molecule has 1 saturated heterocycles. The molecule has 156 valence electrons. The van der Waals surface area contributed by atoms with Gasteiger partial charge in [0.1, 0.15) is 5.82 Å². The van der Waals surface area contributed by atoms with Gasteiger partial charge in [0.05, 0.1) is 28.2 Å². The highest BCUT2D eigenvalue weighted by Gasteiger charge is 2.35. The Morgan fingerprint density at radius 2 is 1.93 bits per heavy atom. The molecule has 1 aliphatic heterocycles. The van der Waals surface area contributed by atoms with Crippen molar-refractivity contribution in [3.63, 3.8) is 0 Å². The number of halogens is 3. The summed E-state index contributed by atoms with van der Waals surface area (Å²) >= 11 is 12.4. The van der Waals surface area contributed by atoms with Gasteiger partial charge in [-0.1, -0.05) is 35.3 Å². The van der Waals surface area contributed by atoms with Crippen molar-refractivity contribution in [3.8, 4) is 5.75 Å². The molecule has 0 radical (unpaired) electrons. The number of benzene rings is 2. The summed E-state index contributed by atoms with van der Waals surface area (Å²) in [6.45, 7) is 2.21. The summed E-state index contributed by atoms with van der Waals surface area (Å²) in [4.78, 5) is 14.7. The third kappa shape index (κ3) is 5.21. The van der Waals surface area contributed by atoms with E-state index in [9.17, 15) is 17.6 Å². The molecular weight excluding hydrogens is 440 g/mol. The molecule has 0 bridgehead atoms. The van der Waals surface area contributed by atoms with Gasteiger partial charge in [0.2, 0.25) is 0 Å². The van der Waals surface area contributed by atoms with Crippen LogP contribution in [0.25, 0.3) is 0 Å². The van der Waals surface area contributed by atoms with Crippen LogP contribution in [0, 0.1) is 5.82 Å². The van der Waals surface area contributed by atoms with Gasteiger partial charge in [0.25, 0.3) is 5.91 Å². The molecule has 5 nitrogen and oxygen atoms in total. The minimum Gasteiger partial charge on any atom is -0.491 e. The maximum atomic E-state index is 13.6. The fraction of sp³-hybridized carbons (Fsp3) is 0.350. The van der Waals surface area contributed by atoms with Crippen molar-refractivity contribution in [2.45, 2.75) is 25.9 Å². The number of rotatable bonds is 6. The SMILES string of the molecule is CCOc1c(Cl)cc(C(=O)N(Cc2cccc(F)c2)C2CCS(=O)(=O)C2)cc1Cl. The minimum absolute atomic E-state index is 0.00931. The lowest BCUT2D eigenvalue weighted by molar-refractivity contribution is 0.0680. The predicted molar refractivity (Wildman–Crippen MR) is 111 cm³/mol. The van der Waals surface area contributed by atoms with E-state index in [2.05, 4.69) is 0 Å². The maximum absolute atomic E-state index is 13.6. The van der Waals surface area contributed by atoms with Gasteiger partial charge in [-0.25, -0.2) is 12.8 Å². The summed E-state index contributed by atoms with van der Waals surface area (Å²) < 4.78 is 43.0. The van der Waals surface area contributed by atoms with E-state index in [0.29, 0.717) is 18.6 Å². The Morgan fingerprint density at radius 1 is 1.24 bits per heavy atom. The molecule has 0 spiro atoms. The normalized spacial score (nSPS) is 17.9. The van der Waals surface area contributed by atoms with Gasteiger partial charge >= 0.3 is 0 Å². The van der Waals surface area contributed by atoms with Gasteiger partial charge in [-0.15, -0.1) is 0 Å². The summed E-state index contributed by atoms with van der Waals surface area (Å²) in [5.74, 6) is -0.695. The van der Waals surface area contributed by atoms with E-state index in [4.69, 9.17) is 27.9 Å². The van der Waals surface area contributed by atoms with Crippen molar-refractivity contribution >= 4 is 38.9 Å². The molecule has 1 amide bonds. The largest absolute Gasteiger partial charge is 0.491 e. The monoisotopic (exact) mass is 459 g/mol. The second kappa shape index (κ2) is 8.90. The van der Waals surface area contributed by atoms with Crippen LogP contribution in [-0.4, -0.2) is 43.4 Å². The highest BCUT2D eigenvalue weighted by molar-refractivity contribution is 7.91. The van der Waals surface area contributed by atoms with Crippen molar-refractivity contribution in [1.82, 2.24) is 4.90 Å². The summed E-state index contributed by atoms with van der Waals surface area (Å²) in [6, 6.07) is 8.24. The van der Waals surface area contributed by atoms with E-state index in [0.717, 1.165) is 0 Å². The lowest BCUT2D eigenvalue weighted by Gasteiger charge is -2.29. The van der Waals surface area contributed by atoms with Crippen LogP contribution in [0.2, 0.25) is 10.0 Å². The van der Waals surface area contributed by atoms with Crippen LogP contribution in [0.3, 0.4) is 0 Å². The Balaban J connectivity index is 1.96. The molecule has 3 rings (SSSR count). The highest BCUT2D eigenvalue weighted by atomic mass is 35.5. The Hall–Kier alpha value is -1.83. The van der Waals surface area contributed by atoms with Crippen molar-refractivity contribution in [3.05, 3.63) is 63.4 Å². The van der Waals surface area contributed by atoms with Crippen LogP contribution in [-0.2, 0) is 16.4 Å². The minimum atomic E-state index is -3.23. The van der Waals surface area contributed by atoms with Crippen molar-refractivity contribution in [1.29, 1.82) is 0 Å². The topological polar surface area (TPSA) is 63.7 Å². The zero-order valence-electron chi connectivity index (χ0n) is 15.7. The number of ether oxygens (including phenoxy) is 1. The smallest absolute Gasteiger partial charge is 0.254 e. The van der Waals surface area contributed by atoms with E-state index >= 15 is 0 Å². The van der Waals surface area contributed by atoms with Crippen LogP contribution < -0.4 is 4.74 Å². The third-order valence-electron chi connectivity index (χ3n) is 4.69. The number of nitrogens with zero attached hydrogens (tertiary/aromatic N) is 1. The Morgan fingerprint density at radius 3 is 2.48 bits per heavy atom. The van der Waals surface area contributed by atoms with Gasteiger partial charge < -0.3 is 9.64 Å². The second-order valence-electron chi connectivity index (χ2n) is 6.82. The van der Waals surface area contributed by atoms with Gasteiger partial charge in [-0.3, -0.25) is 4.79 Å². The molecule has 1 fully saturated rings. The van der Waals surface area contributed by atoms with Gasteiger partial charge in [-0.2, -0.15) is 0 Å². The standard InChI is InChI=1S/C20H20Cl2FNO4S/c1-2-28-19-17(21)9-14(10-18(19)22)20(25)24(16-6-7-29(26,27)12-16)11-13-4-3-5-15(23)8-13/h3-5,8-10,16H,2,6-7,11-12H2,1H3. The molecule has 1 aliphatic rings. The highest BCUT2D eigenvalue weighted by Crippen LogP contribution is 2.35. The maximum Gasteiger partial charge on any atom is 0.254 e. The van der Waals surface area contributed by atoms with E-state index in [1.54, 1.807) is 19.1 Å². The lowest BCUT2D eigenvalue weighted by atomic mass is 10.1. The van der Waals surface area contributed by atoms with Crippen molar-refractivity contribution < 1.29 is 22.3 Å². The number of carbonyl (C=O) groups excluding carboxylic acids is 1. The van der Waals surface area contributed by atoms with E-state index in [-0.39, 0.29) is 39.4 Å². The first kappa shape index (κ1) is 21.9. The van der Waals surface area contributed by atoms with E-state index in [1.807, 2.05) is 0 Å². The molecule has 2 aromatic carbocycles. The number of hydrogen-bond acceptors (Lipinski definition) is 4. The Labute approximate surface area is 179 Å². The molecule has 1 unspecified atom stereocenters. The van der Waals surface area contributed by atoms with E-state index in [1.165, 1.54) is 29.2 Å². The number of hydrogen-bond donors (Lipinski definition) is 0. The van der Waals surface area contributed by atoms with Gasteiger partial charge in [0, 0.05) is 18.2 Å². The average Bonchev–Trinajstić information content (AvgIpc) is 3.01. The second-order valence-corrected chi connectivity index (χ2v) is 9.86. The molecule has 2 aromatic rings. The molecule has 0 aliphatic carbocycles. The number of sulfone groups is 1. The molecule has 1 atom stereocenters. The summed E-state index contributed by atoms with van der Waals surface area (Å²) in [5.41, 5.74) is 0.773. The lowest BCUT2D eigenvalue weighted by Crippen LogP contribution is -2.40. The van der Waals surface area contributed by atoms with Crippen LogP contribution in [0.1, 0.15) is 29.3 Å². The van der Waals surface area contributed by atoms with Crippen molar-refractivity contribution in [2.75, 3.05) is 18.1 Å².